The van der Waals surface area contributed by atoms with E-state index in [1.807, 2.05) is 0 Å². The number of nitrogens with one attached hydrogen (secondary N) is 1. The van der Waals surface area contributed by atoms with E-state index in [4.69, 9.17) is 9.84 Å². The number of rotatable bonds is 7. The summed E-state index contributed by atoms with van der Waals surface area (Å²) in [5.41, 5.74) is 0. The predicted octanol–water partition coefficient (Wildman–Crippen LogP) is 0.584. The molecule has 2 N–H and O–H groups in total. The zero-order chi connectivity index (χ0) is 13.7. The van der Waals surface area contributed by atoms with Crippen LogP contribution in [0.1, 0.15) is 33.6 Å². The molecule has 1 atom stereocenters. The van der Waals surface area contributed by atoms with Crippen molar-refractivity contribution in [3.05, 3.63) is 0 Å². The van der Waals surface area contributed by atoms with Crippen molar-refractivity contribution in [2.24, 2.45) is 0 Å². The quantitative estimate of drug-likeness (QED) is 0.658. The second kappa shape index (κ2) is 6.32. The van der Waals surface area contributed by atoms with Gasteiger partial charge in [-0.25, -0.2) is 13.1 Å². The highest BCUT2D eigenvalue weighted by Crippen LogP contribution is 2.14. The van der Waals surface area contributed by atoms with E-state index in [-0.39, 0.29) is 6.42 Å². The summed E-state index contributed by atoms with van der Waals surface area (Å²) in [5, 5.41) is 8.93. The third kappa shape index (κ3) is 5.47. The molecule has 0 aromatic rings. The van der Waals surface area contributed by atoms with Gasteiger partial charge in [-0.15, -0.1) is 0 Å². The van der Waals surface area contributed by atoms with Crippen molar-refractivity contribution in [2.75, 3.05) is 13.7 Å². The molecule has 0 aromatic carbocycles. The second-order valence-electron chi connectivity index (χ2n) is 4.76. The van der Waals surface area contributed by atoms with Gasteiger partial charge in [-0.1, -0.05) is 0 Å². The number of carboxylic acids is 1. The normalized spacial score (nSPS) is 14.6. The summed E-state index contributed by atoms with van der Waals surface area (Å²) in [6.07, 6.45) is 0.693. The number of methoxy groups -OCH3 is 1. The molecule has 17 heavy (non-hydrogen) atoms. The van der Waals surface area contributed by atoms with Crippen LogP contribution in [-0.2, 0) is 19.6 Å². The van der Waals surface area contributed by atoms with Crippen LogP contribution < -0.4 is 4.72 Å². The Kier molecular flexibility index (Phi) is 6.08. The molecule has 0 saturated heterocycles. The number of sulfonamides is 1. The third-order valence-electron chi connectivity index (χ3n) is 2.24. The lowest BCUT2D eigenvalue weighted by Gasteiger charge is -2.23. The summed E-state index contributed by atoms with van der Waals surface area (Å²) in [7, 11) is -2.14. The van der Waals surface area contributed by atoms with Crippen molar-refractivity contribution in [1.29, 1.82) is 0 Å². The van der Waals surface area contributed by atoms with Gasteiger partial charge in [0.1, 0.15) is 6.04 Å². The summed E-state index contributed by atoms with van der Waals surface area (Å²) in [5.74, 6) is -1.17. The molecule has 7 heteroatoms. The topological polar surface area (TPSA) is 92.7 Å². The van der Waals surface area contributed by atoms with Gasteiger partial charge in [0.2, 0.25) is 10.0 Å². The highest BCUT2D eigenvalue weighted by molar-refractivity contribution is 7.90. The van der Waals surface area contributed by atoms with Gasteiger partial charge in [-0.2, -0.15) is 0 Å². The summed E-state index contributed by atoms with van der Waals surface area (Å²) >= 11 is 0. The van der Waals surface area contributed by atoms with Crippen LogP contribution in [0, 0.1) is 0 Å². The van der Waals surface area contributed by atoms with Gasteiger partial charge >= 0.3 is 5.97 Å². The molecule has 1 unspecified atom stereocenters. The molecule has 0 aromatic heterocycles. The number of carbonyl (C=O) groups is 1. The van der Waals surface area contributed by atoms with E-state index in [2.05, 4.69) is 4.72 Å². The Balaban J connectivity index is 4.62. The number of hydrogen-bond acceptors (Lipinski definition) is 4. The van der Waals surface area contributed by atoms with E-state index < -0.39 is 26.8 Å². The number of ether oxygens (including phenoxy) is 1. The van der Waals surface area contributed by atoms with Gasteiger partial charge < -0.3 is 9.84 Å². The van der Waals surface area contributed by atoms with Crippen LogP contribution in [0.4, 0.5) is 0 Å². The van der Waals surface area contributed by atoms with E-state index >= 15 is 0 Å². The minimum absolute atomic E-state index is 0.207. The fraction of sp³-hybridized carbons (Fsp3) is 0.900. The minimum atomic E-state index is -3.65. The first-order valence-corrected chi connectivity index (χ1v) is 6.83. The van der Waals surface area contributed by atoms with Crippen LogP contribution in [0.3, 0.4) is 0 Å². The molecular weight excluding hydrogens is 246 g/mol. The molecule has 0 bridgehead atoms. The van der Waals surface area contributed by atoms with Crippen molar-refractivity contribution in [1.82, 2.24) is 4.72 Å². The van der Waals surface area contributed by atoms with Gasteiger partial charge in [-0.3, -0.25) is 4.79 Å². The largest absolute Gasteiger partial charge is 0.480 e. The monoisotopic (exact) mass is 267 g/mol. The van der Waals surface area contributed by atoms with E-state index in [9.17, 15) is 13.2 Å². The van der Waals surface area contributed by atoms with Gasteiger partial charge in [-0.05, 0) is 33.6 Å². The molecule has 0 amide bonds. The third-order valence-corrected chi connectivity index (χ3v) is 4.45. The molecule has 0 aliphatic rings. The molecule has 102 valence electrons. The van der Waals surface area contributed by atoms with E-state index in [0.717, 1.165) is 0 Å². The fourth-order valence-electron chi connectivity index (χ4n) is 1.03. The Bertz CT molecular complexity index is 344. The molecule has 0 fully saturated rings. The van der Waals surface area contributed by atoms with E-state index in [1.165, 1.54) is 27.9 Å². The molecule has 0 aliphatic carbocycles. The smallest absolute Gasteiger partial charge is 0.321 e. The minimum Gasteiger partial charge on any atom is -0.480 e. The van der Waals surface area contributed by atoms with Crippen molar-refractivity contribution < 1.29 is 23.1 Å². The Morgan fingerprint density at radius 2 is 1.94 bits per heavy atom. The first-order valence-electron chi connectivity index (χ1n) is 5.35. The van der Waals surface area contributed by atoms with Crippen LogP contribution >= 0.6 is 0 Å². The number of carboxylic acid groups (broad SMARTS) is 1. The van der Waals surface area contributed by atoms with Gasteiger partial charge in [0, 0.05) is 13.7 Å². The zero-order valence-electron chi connectivity index (χ0n) is 10.7. The van der Waals surface area contributed by atoms with E-state index in [0.29, 0.717) is 13.0 Å². The summed E-state index contributed by atoms with van der Waals surface area (Å²) in [6, 6.07) is -1.10. The zero-order valence-corrected chi connectivity index (χ0v) is 11.5. The summed E-state index contributed by atoms with van der Waals surface area (Å²) in [6.45, 7) is 4.96. The van der Waals surface area contributed by atoms with Crippen molar-refractivity contribution >= 4 is 16.0 Å². The van der Waals surface area contributed by atoms with Crippen LogP contribution in [0.5, 0.6) is 0 Å². The van der Waals surface area contributed by atoms with Crippen LogP contribution in [-0.4, -0.2) is 44.0 Å². The van der Waals surface area contributed by atoms with Crippen LogP contribution in [0.25, 0.3) is 0 Å². The van der Waals surface area contributed by atoms with Crippen LogP contribution in [0.2, 0.25) is 0 Å². The van der Waals surface area contributed by atoms with E-state index in [1.54, 1.807) is 0 Å². The van der Waals surface area contributed by atoms with Crippen molar-refractivity contribution in [2.45, 2.75) is 44.4 Å². The number of aliphatic carboxylic acids is 1. The highest BCUT2D eigenvalue weighted by Gasteiger charge is 2.33. The molecule has 0 aliphatic heterocycles. The molecule has 0 rings (SSSR count). The van der Waals surface area contributed by atoms with Gasteiger partial charge in [0.05, 0.1) is 4.75 Å². The molecular formula is C10H21NO5S. The first kappa shape index (κ1) is 16.3. The Labute approximate surface area is 102 Å². The maximum Gasteiger partial charge on any atom is 0.321 e. The average Bonchev–Trinajstić information content (AvgIpc) is 2.14. The van der Waals surface area contributed by atoms with Crippen molar-refractivity contribution in [3.63, 3.8) is 0 Å². The fourth-order valence-corrected chi connectivity index (χ4v) is 1.98. The van der Waals surface area contributed by atoms with Gasteiger partial charge in [0.15, 0.2) is 0 Å². The molecule has 0 spiro atoms. The average molecular weight is 267 g/mol. The maximum atomic E-state index is 11.8. The Hall–Kier alpha value is -0.660. The SMILES string of the molecule is COCCCC(NS(=O)(=O)C(C)(C)C)C(=O)O. The molecule has 6 nitrogen and oxygen atoms in total. The standard InChI is InChI=1S/C10H21NO5S/c1-10(2,3)17(14,15)11-8(9(12)13)6-5-7-16-4/h8,11H,5-7H2,1-4H3,(H,12,13). The van der Waals surface area contributed by atoms with Crippen LogP contribution in [0.15, 0.2) is 0 Å². The lowest BCUT2D eigenvalue weighted by atomic mass is 10.2. The highest BCUT2D eigenvalue weighted by atomic mass is 32.2. The molecule has 0 saturated carbocycles. The Morgan fingerprint density at radius 1 is 1.41 bits per heavy atom. The summed E-state index contributed by atoms with van der Waals surface area (Å²) in [4.78, 5) is 10.9. The van der Waals surface area contributed by atoms with Gasteiger partial charge in [0.25, 0.3) is 0 Å². The Morgan fingerprint density at radius 3 is 2.29 bits per heavy atom. The van der Waals surface area contributed by atoms with Crippen molar-refractivity contribution in [3.8, 4) is 0 Å². The number of hydrogen-bond donors (Lipinski definition) is 2. The second-order valence-corrected chi connectivity index (χ2v) is 7.23. The predicted molar refractivity (Wildman–Crippen MR) is 64.3 cm³/mol. The summed E-state index contributed by atoms with van der Waals surface area (Å²) < 4.78 is 29.6. The maximum absolute atomic E-state index is 11.8. The first-order chi connectivity index (χ1) is 7.62. The lowest BCUT2D eigenvalue weighted by Crippen LogP contribution is -2.47. The molecule has 0 heterocycles. The molecule has 0 radical (unpaired) electrons. The lowest BCUT2D eigenvalue weighted by molar-refractivity contribution is -0.139.